The van der Waals surface area contributed by atoms with Crippen LogP contribution < -0.4 is 14.8 Å². The molecule has 0 atom stereocenters. The fraction of sp³-hybridized carbons (Fsp3) is 0.120. The summed E-state index contributed by atoms with van der Waals surface area (Å²) < 4.78 is 50.1. The van der Waals surface area contributed by atoms with Crippen molar-refractivity contribution in [3.63, 3.8) is 0 Å². The van der Waals surface area contributed by atoms with Crippen LogP contribution in [0.3, 0.4) is 0 Å². The van der Waals surface area contributed by atoms with E-state index < -0.39 is 17.6 Å². The van der Waals surface area contributed by atoms with Crippen LogP contribution in [0.4, 0.5) is 18.9 Å². The summed E-state index contributed by atoms with van der Waals surface area (Å²) in [4.78, 5) is 12.6. The largest absolute Gasteiger partial charge is 0.493 e. The molecule has 0 heterocycles. The van der Waals surface area contributed by atoms with Crippen molar-refractivity contribution in [2.75, 3.05) is 12.4 Å². The van der Waals surface area contributed by atoms with Gasteiger partial charge >= 0.3 is 6.18 Å². The second kappa shape index (κ2) is 11.2. The lowest BCUT2D eigenvalue weighted by atomic mass is 10.1. The van der Waals surface area contributed by atoms with Crippen LogP contribution in [0.5, 0.6) is 11.5 Å². The van der Waals surface area contributed by atoms with Gasteiger partial charge in [-0.2, -0.15) is 18.4 Å². The van der Waals surface area contributed by atoms with Crippen LogP contribution in [0.25, 0.3) is 6.08 Å². The summed E-state index contributed by atoms with van der Waals surface area (Å²) in [6.07, 6.45) is -3.35. The normalized spacial score (nSPS) is 11.5. The summed E-state index contributed by atoms with van der Waals surface area (Å²) >= 11 is 11.8. The van der Waals surface area contributed by atoms with Crippen LogP contribution in [0.1, 0.15) is 16.7 Å². The van der Waals surface area contributed by atoms with Gasteiger partial charge in [0.15, 0.2) is 11.5 Å². The monoisotopic (exact) mass is 520 g/mol. The van der Waals surface area contributed by atoms with Crippen molar-refractivity contribution in [1.82, 2.24) is 0 Å². The van der Waals surface area contributed by atoms with Crippen LogP contribution in [-0.2, 0) is 17.6 Å². The van der Waals surface area contributed by atoms with E-state index in [-0.39, 0.29) is 22.9 Å². The first-order valence-corrected chi connectivity index (χ1v) is 10.7. The van der Waals surface area contributed by atoms with E-state index >= 15 is 0 Å². The lowest BCUT2D eigenvalue weighted by Crippen LogP contribution is -2.15. The average Bonchev–Trinajstić information content (AvgIpc) is 2.82. The van der Waals surface area contributed by atoms with E-state index in [1.165, 1.54) is 13.2 Å². The van der Waals surface area contributed by atoms with Crippen molar-refractivity contribution in [2.45, 2.75) is 12.8 Å². The molecule has 0 bridgehead atoms. The maximum absolute atomic E-state index is 13.0. The zero-order chi connectivity index (χ0) is 25.6. The van der Waals surface area contributed by atoms with Crippen molar-refractivity contribution >= 4 is 40.9 Å². The molecular formula is C25H17Cl2F3N2O3. The van der Waals surface area contributed by atoms with E-state index in [0.29, 0.717) is 28.2 Å². The van der Waals surface area contributed by atoms with E-state index in [0.717, 1.165) is 17.7 Å². The topological polar surface area (TPSA) is 71.3 Å². The molecule has 0 aliphatic rings. The smallest absolute Gasteiger partial charge is 0.416 e. The Balaban J connectivity index is 1.82. The van der Waals surface area contributed by atoms with Gasteiger partial charge in [-0.15, -0.1) is 0 Å². The first-order valence-electron chi connectivity index (χ1n) is 9.96. The number of nitrogens with zero attached hydrogens (tertiary/aromatic N) is 1. The highest BCUT2D eigenvalue weighted by molar-refractivity contribution is 6.34. The molecule has 0 saturated heterocycles. The molecule has 3 aromatic rings. The minimum absolute atomic E-state index is 0.106. The minimum Gasteiger partial charge on any atom is -0.493 e. The van der Waals surface area contributed by atoms with E-state index in [9.17, 15) is 23.2 Å². The van der Waals surface area contributed by atoms with Crippen LogP contribution in [0.2, 0.25) is 10.0 Å². The molecule has 0 aliphatic heterocycles. The quantitative estimate of drug-likeness (QED) is 0.265. The van der Waals surface area contributed by atoms with Crippen LogP contribution >= 0.6 is 23.2 Å². The molecule has 1 N–H and O–H groups in total. The Morgan fingerprint density at radius 2 is 1.77 bits per heavy atom. The number of carbonyl (C=O) groups is 1. The van der Waals surface area contributed by atoms with Crippen molar-refractivity contribution < 1.29 is 27.4 Å². The Hall–Kier alpha value is -3.67. The number of methoxy groups -OCH3 is 1. The third-order valence-corrected chi connectivity index (χ3v) is 5.29. The molecule has 0 spiro atoms. The van der Waals surface area contributed by atoms with Crippen molar-refractivity contribution in [2.24, 2.45) is 0 Å². The zero-order valence-corrected chi connectivity index (χ0v) is 19.6. The molecule has 3 aromatic carbocycles. The lowest BCUT2D eigenvalue weighted by molar-refractivity contribution is -0.137. The number of nitriles is 1. The predicted molar refractivity (Wildman–Crippen MR) is 127 cm³/mol. The SMILES string of the molecule is COc1ccc(C=C(C#N)C(=O)Nc2cc(C(F)(F)F)ccc2Cl)cc1OCc1ccc(Cl)cc1. The Labute approximate surface area is 209 Å². The number of hydrogen-bond acceptors (Lipinski definition) is 4. The highest BCUT2D eigenvalue weighted by Gasteiger charge is 2.31. The highest BCUT2D eigenvalue weighted by atomic mass is 35.5. The number of nitrogens with one attached hydrogen (secondary N) is 1. The number of halogens is 5. The molecule has 0 aliphatic carbocycles. The number of hydrogen-bond donors (Lipinski definition) is 1. The van der Waals surface area contributed by atoms with Gasteiger partial charge in [-0.05, 0) is 59.7 Å². The molecule has 0 fully saturated rings. The number of anilines is 1. The summed E-state index contributed by atoms with van der Waals surface area (Å²) in [6.45, 7) is 0.209. The maximum Gasteiger partial charge on any atom is 0.416 e. The minimum atomic E-state index is -4.62. The molecule has 0 aromatic heterocycles. The lowest BCUT2D eigenvalue weighted by Gasteiger charge is -2.12. The molecule has 0 saturated carbocycles. The first kappa shape index (κ1) is 25.9. The maximum atomic E-state index is 13.0. The van der Waals surface area contributed by atoms with Crippen molar-refractivity contribution in [3.8, 4) is 17.6 Å². The second-order valence-corrected chi connectivity index (χ2v) is 7.99. The summed E-state index contributed by atoms with van der Waals surface area (Å²) in [5.41, 5.74) is -0.329. The molecule has 1 amide bonds. The summed E-state index contributed by atoms with van der Waals surface area (Å²) in [7, 11) is 1.47. The van der Waals surface area contributed by atoms with Crippen LogP contribution in [-0.4, -0.2) is 13.0 Å². The fourth-order valence-corrected chi connectivity index (χ4v) is 3.23. The van der Waals surface area contributed by atoms with E-state index in [1.807, 2.05) is 0 Å². The third kappa shape index (κ3) is 6.92. The van der Waals surface area contributed by atoms with Crippen LogP contribution in [0.15, 0.2) is 66.2 Å². The van der Waals surface area contributed by atoms with Gasteiger partial charge in [0.05, 0.1) is 23.4 Å². The number of amides is 1. The molecule has 180 valence electrons. The molecule has 5 nitrogen and oxygen atoms in total. The molecule has 0 unspecified atom stereocenters. The molecule has 0 radical (unpaired) electrons. The summed E-state index contributed by atoms with van der Waals surface area (Å²) in [5, 5.41) is 12.2. The molecule has 3 rings (SSSR count). The molecule has 35 heavy (non-hydrogen) atoms. The number of carbonyl (C=O) groups excluding carboxylic acids is 1. The van der Waals surface area contributed by atoms with E-state index in [2.05, 4.69) is 5.32 Å². The van der Waals surface area contributed by atoms with Crippen molar-refractivity contribution in [3.05, 3.63) is 93.0 Å². The average molecular weight is 521 g/mol. The Kier molecular flexibility index (Phi) is 8.28. The van der Waals surface area contributed by atoms with Gasteiger partial charge in [0.1, 0.15) is 18.2 Å². The van der Waals surface area contributed by atoms with Gasteiger partial charge in [-0.3, -0.25) is 4.79 Å². The van der Waals surface area contributed by atoms with Crippen molar-refractivity contribution in [1.29, 1.82) is 5.26 Å². The Morgan fingerprint density at radius 3 is 2.40 bits per heavy atom. The van der Waals surface area contributed by atoms with Gasteiger partial charge in [-0.1, -0.05) is 41.4 Å². The van der Waals surface area contributed by atoms with Crippen LogP contribution in [0, 0.1) is 11.3 Å². The predicted octanol–water partition coefficient (Wildman–Crippen LogP) is 7.15. The first-order chi connectivity index (χ1) is 16.6. The Bertz CT molecular complexity index is 1300. The van der Waals surface area contributed by atoms with E-state index in [4.69, 9.17) is 32.7 Å². The van der Waals surface area contributed by atoms with Gasteiger partial charge in [0, 0.05) is 5.02 Å². The zero-order valence-electron chi connectivity index (χ0n) is 18.1. The summed E-state index contributed by atoms with van der Waals surface area (Å²) in [5.74, 6) is -0.141. The number of ether oxygens (including phenoxy) is 2. The van der Waals surface area contributed by atoms with E-state index in [1.54, 1.807) is 48.5 Å². The number of rotatable bonds is 7. The Morgan fingerprint density at radius 1 is 1.06 bits per heavy atom. The second-order valence-electron chi connectivity index (χ2n) is 7.14. The van der Waals surface area contributed by atoms with Gasteiger partial charge in [0.25, 0.3) is 5.91 Å². The standard InChI is InChI=1S/C25H17Cl2F3N2O3/c1-34-22-9-4-16(11-23(22)35-14-15-2-6-19(26)7-3-15)10-17(13-31)24(33)32-21-12-18(25(28,29)30)5-8-20(21)27/h2-12H,14H2,1H3,(H,32,33). The number of benzene rings is 3. The molecule has 10 heteroatoms. The van der Waals surface area contributed by atoms with Gasteiger partial charge in [0.2, 0.25) is 0 Å². The fourth-order valence-electron chi connectivity index (χ4n) is 2.94. The third-order valence-electron chi connectivity index (χ3n) is 4.71. The van der Waals surface area contributed by atoms with Gasteiger partial charge < -0.3 is 14.8 Å². The number of alkyl halides is 3. The highest BCUT2D eigenvalue weighted by Crippen LogP contribution is 2.34. The molecular weight excluding hydrogens is 504 g/mol. The summed E-state index contributed by atoms with van der Waals surface area (Å²) in [6, 6.07) is 16.1. The van der Waals surface area contributed by atoms with Gasteiger partial charge in [-0.25, -0.2) is 0 Å².